The lowest BCUT2D eigenvalue weighted by atomic mass is 10.1. The van der Waals surface area contributed by atoms with Crippen molar-refractivity contribution in [1.82, 2.24) is 25.1 Å². The van der Waals surface area contributed by atoms with E-state index in [4.69, 9.17) is 4.42 Å². The van der Waals surface area contributed by atoms with Crippen LogP contribution in [0.3, 0.4) is 0 Å². The van der Waals surface area contributed by atoms with Crippen LogP contribution in [-0.2, 0) is 4.79 Å². The summed E-state index contributed by atoms with van der Waals surface area (Å²) in [6.45, 7) is 0.694. The van der Waals surface area contributed by atoms with Gasteiger partial charge in [0.25, 0.3) is 5.91 Å². The molecule has 0 spiro atoms. The zero-order valence-electron chi connectivity index (χ0n) is 16.1. The number of tetrazole rings is 1. The maximum Gasteiger partial charge on any atom is 0.273 e. The molecule has 1 atom stereocenters. The average molecular weight is 417 g/mol. The highest BCUT2D eigenvalue weighted by molar-refractivity contribution is 7.10. The fraction of sp³-hybridized carbons (Fsp3) is 0.182. The smallest absolute Gasteiger partial charge is 0.273 e. The zero-order chi connectivity index (χ0) is 20.3. The van der Waals surface area contributed by atoms with Crippen molar-refractivity contribution in [3.05, 3.63) is 76.9 Å². The summed E-state index contributed by atoms with van der Waals surface area (Å²) in [7, 11) is 0. The molecule has 1 aliphatic heterocycles. The number of hydrogen-bond acceptors (Lipinski definition) is 6. The van der Waals surface area contributed by atoms with Gasteiger partial charge in [-0.3, -0.25) is 4.79 Å². The first-order valence-corrected chi connectivity index (χ1v) is 10.6. The molecule has 7 nitrogen and oxygen atoms in total. The third-order valence-corrected chi connectivity index (χ3v) is 6.13. The number of carbonyl (C=O) groups is 1. The van der Waals surface area contributed by atoms with Gasteiger partial charge in [0.1, 0.15) is 11.5 Å². The van der Waals surface area contributed by atoms with Crippen molar-refractivity contribution in [2.24, 2.45) is 0 Å². The summed E-state index contributed by atoms with van der Waals surface area (Å²) in [4.78, 5) is 16.9. The minimum atomic E-state index is -0.119. The summed E-state index contributed by atoms with van der Waals surface area (Å²) in [5.74, 6) is 0.958. The number of carbonyl (C=O) groups excluding carboxylic acids is 1. The molecule has 0 aliphatic carbocycles. The Labute approximate surface area is 177 Å². The second kappa shape index (κ2) is 8.08. The van der Waals surface area contributed by atoms with Crippen LogP contribution in [0.5, 0.6) is 0 Å². The van der Waals surface area contributed by atoms with Crippen molar-refractivity contribution in [2.45, 2.75) is 18.9 Å². The summed E-state index contributed by atoms with van der Waals surface area (Å²) >= 11 is 1.68. The van der Waals surface area contributed by atoms with Gasteiger partial charge in [-0.1, -0.05) is 36.4 Å². The van der Waals surface area contributed by atoms with Gasteiger partial charge in [-0.05, 0) is 46.8 Å². The summed E-state index contributed by atoms with van der Waals surface area (Å²) in [6.07, 6.45) is 5.19. The molecule has 1 aliphatic rings. The van der Waals surface area contributed by atoms with Crippen LogP contribution in [0.25, 0.3) is 23.2 Å². The van der Waals surface area contributed by atoms with Gasteiger partial charge in [0.05, 0.1) is 12.3 Å². The van der Waals surface area contributed by atoms with Gasteiger partial charge in [-0.15, -0.1) is 16.4 Å². The Morgan fingerprint density at radius 3 is 2.80 bits per heavy atom. The van der Waals surface area contributed by atoms with Crippen LogP contribution in [0.4, 0.5) is 0 Å². The highest BCUT2D eigenvalue weighted by Gasteiger charge is 2.34. The first-order valence-electron chi connectivity index (χ1n) is 9.75. The quantitative estimate of drug-likeness (QED) is 0.451. The Morgan fingerprint density at radius 2 is 2.03 bits per heavy atom. The highest BCUT2D eigenvalue weighted by Crippen LogP contribution is 2.36. The van der Waals surface area contributed by atoms with Crippen molar-refractivity contribution >= 4 is 29.0 Å². The predicted octanol–water partition coefficient (Wildman–Crippen LogP) is 4.36. The van der Waals surface area contributed by atoms with E-state index >= 15 is 0 Å². The monoisotopic (exact) mass is 417 g/mol. The van der Waals surface area contributed by atoms with E-state index in [2.05, 4.69) is 21.6 Å². The van der Waals surface area contributed by atoms with Crippen LogP contribution in [0, 0.1) is 0 Å². The van der Waals surface area contributed by atoms with Gasteiger partial charge in [-0.25, -0.2) is 0 Å². The van der Waals surface area contributed by atoms with Crippen LogP contribution < -0.4 is 0 Å². The molecule has 150 valence electrons. The predicted molar refractivity (Wildman–Crippen MR) is 114 cm³/mol. The molecule has 4 aromatic rings. The molecule has 30 heavy (non-hydrogen) atoms. The fourth-order valence-corrected chi connectivity index (χ4v) is 4.65. The molecular formula is C22H19N5O2S. The minimum Gasteiger partial charge on any atom is -0.465 e. The Hall–Kier alpha value is -3.52. The summed E-state index contributed by atoms with van der Waals surface area (Å²) in [5, 5.41) is 14.2. The molecule has 0 saturated carbocycles. The Morgan fingerprint density at radius 1 is 1.13 bits per heavy atom. The Bertz CT molecular complexity index is 1150. The highest BCUT2D eigenvalue weighted by atomic mass is 32.1. The van der Waals surface area contributed by atoms with Crippen molar-refractivity contribution < 1.29 is 9.21 Å². The average Bonchev–Trinajstić information content (AvgIpc) is 3.58. The van der Waals surface area contributed by atoms with E-state index in [1.807, 2.05) is 46.7 Å². The number of thiophene rings is 1. The standard InChI is InChI=1S/C22H19N5O2S/c28-22(26-12-4-10-18(26)20-11-6-14-30-20)19(15-17-9-5-13-29-17)27-21(23-24-25-27)16-7-2-1-3-8-16/h1-3,5-9,11,13-15,18H,4,10,12H2/b19-15+. The number of amides is 1. The van der Waals surface area contributed by atoms with Gasteiger partial charge < -0.3 is 9.32 Å². The maximum absolute atomic E-state index is 13.8. The third-order valence-electron chi connectivity index (χ3n) is 5.16. The van der Waals surface area contributed by atoms with Crippen molar-refractivity contribution in [3.63, 3.8) is 0 Å². The third kappa shape index (κ3) is 3.46. The number of likely N-dealkylation sites (tertiary alicyclic amines) is 1. The van der Waals surface area contributed by atoms with Crippen LogP contribution >= 0.6 is 11.3 Å². The molecular weight excluding hydrogens is 398 g/mol. The second-order valence-corrected chi connectivity index (χ2v) is 7.98. The molecule has 1 saturated heterocycles. The van der Waals surface area contributed by atoms with Crippen molar-refractivity contribution in [3.8, 4) is 11.4 Å². The van der Waals surface area contributed by atoms with Crippen LogP contribution in [0.1, 0.15) is 29.5 Å². The molecule has 5 rings (SSSR count). The summed E-state index contributed by atoms with van der Waals surface area (Å²) in [5.41, 5.74) is 1.19. The molecule has 1 fully saturated rings. The van der Waals surface area contributed by atoms with Gasteiger partial charge in [0.2, 0.25) is 0 Å². The lowest BCUT2D eigenvalue weighted by Crippen LogP contribution is -2.32. The van der Waals surface area contributed by atoms with E-state index in [0.717, 1.165) is 18.4 Å². The van der Waals surface area contributed by atoms with Gasteiger partial charge in [-0.2, -0.15) is 4.68 Å². The minimum absolute atomic E-state index is 0.0640. The largest absolute Gasteiger partial charge is 0.465 e. The lowest BCUT2D eigenvalue weighted by Gasteiger charge is -2.25. The SMILES string of the molecule is O=C(/C(=C\c1ccco1)n1nnnc1-c1ccccc1)N1CCCC1c1cccs1. The molecule has 0 radical (unpaired) electrons. The Balaban J connectivity index is 1.58. The molecule has 1 amide bonds. The molecule has 0 N–H and O–H groups in total. The lowest BCUT2D eigenvalue weighted by molar-refractivity contribution is -0.126. The number of aromatic nitrogens is 4. The number of furan rings is 1. The van der Waals surface area contributed by atoms with Gasteiger partial charge in [0, 0.05) is 23.1 Å². The van der Waals surface area contributed by atoms with E-state index in [1.165, 1.54) is 9.56 Å². The first kappa shape index (κ1) is 18.5. The number of benzene rings is 1. The number of rotatable bonds is 5. The zero-order valence-corrected chi connectivity index (χ0v) is 16.9. The summed E-state index contributed by atoms with van der Waals surface area (Å²) in [6, 6.07) is 17.4. The van der Waals surface area contributed by atoms with Gasteiger partial charge in [0.15, 0.2) is 5.82 Å². The van der Waals surface area contributed by atoms with Crippen LogP contribution in [-0.4, -0.2) is 37.6 Å². The summed E-state index contributed by atoms with van der Waals surface area (Å²) < 4.78 is 7.00. The fourth-order valence-electron chi connectivity index (χ4n) is 3.77. The molecule has 1 aromatic carbocycles. The van der Waals surface area contributed by atoms with Crippen LogP contribution in [0.15, 0.2) is 70.7 Å². The maximum atomic E-state index is 13.8. The van der Waals surface area contributed by atoms with E-state index < -0.39 is 0 Å². The van der Waals surface area contributed by atoms with E-state index in [9.17, 15) is 4.79 Å². The second-order valence-electron chi connectivity index (χ2n) is 7.00. The molecule has 4 heterocycles. The van der Waals surface area contributed by atoms with E-state index in [0.29, 0.717) is 23.8 Å². The van der Waals surface area contributed by atoms with Crippen LogP contribution in [0.2, 0.25) is 0 Å². The topological polar surface area (TPSA) is 77.0 Å². The van der Waals surface area contributed by atoms with E-state index in [-0.39, 0.29) is 11.9 Å². The first-order chi connectivity index (χ1) is 14.8. The Kier molecular flexibility index (Phi) is 4.98. The molecule has 3 aromatic heterocycles. The molecule has 1 unspecified atom stereocenters. The van der Waals surface area contributed by atoms with Crippen molar-refractivity contribution in [2.75, 3.05) is 6.54 Å². The van der Waals surface area contributed by atoms with Crippen molar-refractivity contribution in [1.29, 1.82) is 0 Å². The number of nitrogens with zero attached hydrogens (tertiary/aromatic N) is 5. The number of hydrogen-bond donors (Lipinski definition) is 0. The van der Waals surface area contributed by atoms with Gasteiger partial charge >= 0.3 is 0 Å². The normalized spacial score (nSPS) is 16.9. The van der Waals surface area contributed by atoms with E-state index in [1.54, 1.807) is 35.8 Å². The molecule has 8 heteroatoms. The molecule has 0 bridgehead atoms.